The average molecular weight is 390 g/mol. The number of para-hydroxylation sites is 1. The summed E-state index contributed by atoms with van der Waals surface area (Å²) in [7, 11) is 1.62. The molecule has 0 radical (unpaired) electrons. The van der Waals surface area contributed by atoms with Gasteiger partial charge in [-0.2, -0.15) is 10.2 Å². The molecule has 148 valence electrons. The first-order valence-electron chi connectivity index (χ1n) is 9.13. The van der Waals surface area contributed by atoms with E-state index in [9.17, 15) is 4.79 Å². The van der Waals surface area contributed by atoms with Gasteiger partial charge in [0.25, 0.3) is 5.91 Å². The maximum Gasteiger partial charge on any atom is 0.289 e. The summed E-state index contributed by atoms with van der Waals surface area (Å²) in [5.74, 6) is 1.14. The van der Waals surface area contributed by atoms with E-state index in [-0.39, 0.29) is 5.91 Å². The zero-order chi connectivity index (χ0) is 20.5. The Morgan fingerprint density at radius 2 is 2.07 bits per heavy atom. The van der Waals surface area contributed by atoms with E-state index in [2.05, 4.69) is 20.7 Å². The Kier molecular flexibility index (Phi) is 6.78. The monoisotopic (exact) mass is 390 g/mol. The quantitative estimate of drug-likeness (QED) is 0.451. The van der Waals surface area contributed by atoms with Crippen LogP contribution in [0.25, 0.3) is 17.3 Å². The van der Waals surface area contributed by atoms with Crippen molar-refractivity contribution in [2.45, 2.75) is 6.92 Å². The lowest BCUT2D eigenvalue weighted by atomic mass is 10.1. The number of nitrogens with one attached hydrogen (secondary N) is 2. The first kappa shape index (κ1) is 19.9. The predicted octanol–water partition coefficient (Wildman–Crippen LogP) is 3.91. The minimum absolute atomic E-state index is 0.313. The molecule has 0 aliphatic carbocycles. The van der Waals surface area contributed by atoms with E-state index < -0.39 is 0 Å². The summed E-state index contributed by atoms with van der Waals surface area (Å²) >= 11 is 0. The van der Waals surface area contributed by atoms with Crippen molar-refractivity contribution in [3.05, 3.63) is 71.9 Å². The summed E-state index contributed by atoms with van der Waals surface area (Å²) in [5, 5.41) is 10.8. The Hall–Kier alpha value is -3.87. The van der Waals surface area contributed by atoms with Crippen molar-refractivity contribution in [3.63, 3.8) is 0 Å². The van der Waals surface area contributed by atoms with E-state index in [0.717, 1.165) is 22.6 Å². The number of carbonyl (C=O) groups is 1. The molecule has 7 heteroatoms. The Morgan fingerprint density at radius 1 is 1.21 bits per heavy atom. The Balaban J connectivity index is 1.60. The van der Waals surface area contributed by atoms with Crippen LogP contribution in [-0.4, -0.2) is 36.0 Å². The molecule has 7 nitrogen and oxygen atoms in total. The number of allylic oxidation sites excluding steroid dienone is 1. The van der Waals surface area contributed by atoms with Crippen molar-refractivity contribution in [2.75, 3.05) is 13.7 Å². The first-order valence-corrected chi connectivity index (χ1v) is 9.13. The van der Waals surface area contributed by atoms with Crippen molar-refractivity contribution >= 4 is 18.2 Å². The zero-order valence-corrected chi connectivity index (χ0v) is 16.3. The predicted molar refractivity (Wildman–Crippen MR) is 113 cm³/mol. The van der Waals surface area contributed by atoms with E-state index in [1.165, 1.54) is 6.21 Å². The second-order valence-corrected chi connectivity index (χ2v) is 5.95. The van der Waals surface area contributed by atoms with Gasteiger partial charge in [0.1, 0.15) is 17.2 Å². The number of rotatable bonds is 8. The van der Waals surface area contributed by atoms with E-state index >= 15 is 0 Å². The molecule has 0 saturated carbocycles. The normalized spacial score (nSPS) is 11.1. The zero-order valence-electron chi connectivity index (χ0n) is 16.3. The fourth-order valence-corrected chi connectivity index (χ4v) is 2.65. The number of carbonyl (C=O) groups excluding carboxylic acids is 1. The third-order valence-corrected chi connectivity index (χ3v) is 4.00. The highest BCUT2D eigenvalue weighted by molar-refractivity contribution is 5.94. The smallest absolute Gasteiger partial charge is 0.289 e. The Bertz CT molecular complexity index is 1020. The summed E-state index contributed by atoms with van der Waals surface area (Å²) in [6.45, 7) is 2.51. The van der Waals surface area contributed by atoms with Crippen LogP contribution in [0.1, 0.15) is 23.0 Å². The molecular weight excluding hydrogens is 368 g/mol. The van der Waals surface area contributed by atoms with Crippen LogP contribution in [0.4, 0.5) is 0 Å². The molecule has 0 bridgehead atoms. The molecule has 0 fully saturated rings. The standard InChI is InChI=1S/C22H22N4O3/c1-3-29-18-11-6-9-17(14-18)19-15-20(25-24-19)22(27)26-23-13-7-10-16-8-4-5-12-21(16)28-2/h4-15H,3H2,1-2H3,(H,24,25)(H,26,27)/b10-7+,23-13+. The fourth-order valence-electron chi connectivity index (χ4n) is 2.65. The summed E-state index contributed by atoms with van der Waals surface area (Å²) in [6.07, 6.45) is 5.05. The van der Waals surface area contributed by atoms with Gasteiger partial charge in [-0.25, -0.2) is 5.43 Å². The SMILES string of the molecule is CCOc1cccc(-c2cc(C(=O)N/N=C/C=C/c3ccccc3OC)[nH]n2)c1. The van der Waals surface area contributed by atoms with Crippen LogP contribution >= 0.6 is 0 Å². The second-order valence-electron chi connectivity index (χ2n) is 5.95. The number of amides is 1. The number of methoxy groups -OCH3 is 1. The Labute approximate surface area is 169 Å². The number of aromatic amines is 1. The van der Waals surface area contributed by atoms with Crippen molar-refractivity contribution in [1.82, 2.24) is 15.6 Å². The minimum Gasteiger partial charge on any atom is -0.496 e. The average Bonchev–Trinajstić information content (AvgIpc) is 3.25. The number of hydrogen-bond donors (Lipinski definition) is 2. The van der Waals surface area contributed by atoms with Gasteiger partial charge in [-0.05, 0) is 43.3 Å². The lowest BCUT2D eigenvalue weighted by molar-refractivity contribution is 0.0950. The molecule has 0 aliphatic heterocycles. The lowest BCUT2D eigenvalue weighted by Gasteiger charge is -2.03. The van der Waals surface area contributed by atoms with Gasteiger partial charge in [-0.3, -0.25) is 9.89 Å². The highest BCUT2D eigenvalue weighted by atomic mass is 16.5. The largest absolute Gasteiger partial charge is 0.496 e. The molecule has 2 aromatic carbocycles. The molecule has 0 unspecified atom stereocenters. The van der Waals surface area contributed by atoms with Gasteiger partial charge in [0.15, 0.2) is 0 Å². The molecular formula is C22H22N4O3. The van der Waals surface area contributed by atoms with Crippen molar-refractivity contribution in [3.8, 4) is 22.8 Å². The molecule has 1 heterocycles. The summed E-state index contributed by atoms with van der Waals surface area (Å²) < 4.78 is 10.8. The number of benzene rings is 2. The van der Waals surface area contributed by atoms with Crippen LogP contribution < -0.4 is 14.9 Å². The maximum atomic E-state index is 12.2. The summed E-state index contributed by atoms with van der Waals surface area (Å²) in [5.41, 5.74) is 5.20. The molecule has 0 atom stereocenters. The van der Waals surface area contributed by atoms with E-state index in [1.54, 1.807) is 19.3 Å². The van der Waals surface area contributed by atoms with Crippen LogP contribution in [0.5, 0.6) is 11.5 Å². The minimum atomic E-state index is -0.383. The fraction of sp³-hybridized carbons (Fsp3) is 0.136. The molecule has 1 aromatic heterocycles. The molecule has 2 N–H and O–H groups in total. The van der Waals surface area contributed by atoms with Gasteiger partial charge in [-0.1, -0.05) is 30.3 Å². The molecule has 29 heavy (non-hydrogen) atoms. The van der Waals surface area contributed by atoms with Gasteiger partial charge in [0.05, 0.1) is 19.4 Å². The number of nitrogens with zero attached hydrogens (tertiary/aromatic N) is 2. The first-order chi connectivity index (χ1) is 14.2. The van der Waals surface area contributed by atoms with E-state index in [4.69, 9.17) is 9.47 Å². The summed E-state index contributed by atoms with van der Waals surface area (Å²) in [4.78, 5) is 12.2. The number of H-pyrrole nitrogens is 1. The van der Waals surface area contributed by atoms with Crippen LogP contribution in [0.15, 0.2) is 65.8 Å². The highest BCUT2D eigenvalue weighted by Crippen LogP contribution is 2.23. The van der Waals surface area contributed by atoms with Gasteiger partial charge in [0.2, 0.25) is 0 Å². The second kappa shape index (κ2) is 9.89. The van der Waals surface area contributed by atoms with Crippen molar-refractivity contribution in [2.24, 2.45) is 5.10 Å². The maximum absolute atomic E-state index is 12.2. The number of hydrogen-bond acceptors (Lipinski definition) is 5. The van der Waals surface area contributed by atoms with Gasteiger partial charge in [-0.15, -0.1) is 0 Å². The van der Waals surface area contributed by atoms with Crippen molar-refractivity contribution < 1.29 is 14.3 Å². The molecule has 3 aromatic rings. The molecule has 3 rings (SSSR count). The molecule has 1 amide bonds. The molecule has 0 saturated heterocycles. The van der Waals surface area contributed by atoms with Crippen LogP contribution in [-0.2, 0) is 0 Å². The topological polar surface area (TPSA) is 88.6 Å². The van der Waals surface area contributed by atoms with Crippen LogP contribution in [0.2, 0.25) is 0 Å². The third-order valence-electron chi connectivity index (χ3n) is 4.00. The molecule has 0 aliphatic rings. The van der Waals surface area contributed by atoms with Gasteiger partial charge < -0.3 is 9.47 Å². The Morgan fingerprint density at radius 3 is 2.90 bits per heavy atom. The van der Waals surface area contributed by atoms with Gasteiger partial charge in [0, 0.05) is 17.3 Å². The number of hydrazone groups is 1. The van der Waals surface area contributed by atoms with E-state index in [0.29, 0.717) is 18.0 Å². The summed E-state index contributed by atoms with van der Waals surface area (Å²) in [6, 6.07) is 16.8. The highest BCUT2D eigenvalue weighted by Gasteiger charge is 2.10. The van der Waals surface area contributed by atoms with Crippen molar-refractivity contribution in [1.29, 1.82) is 0 Å². The third kappa shape index (κ3) is 5.32. The van der Waals surface area contributed by atoms with Crippen LogP contribution in [0.3, 0.4) is 0 Å². The lowest BCUT2D eigenvalue weighted by Crippen LogP contribution is -2.17. The van der Waals surface area contributed by atoms with Gasteiger partial charge >= 0.3 is 0 Å². The van der Waals surface area contributed by atoms with E-state index in [1.807, 2.05) is 61.5 Å². The molecule has 0 spiro atoms. The number of ether oxygens (including phenoxy) is 2. The number of aromatic nitrogens is 2. The van der Waals surface area contributed by atoms with Crippen LogP contribution in [0, 0.1) is 0 Å².